The average Bonchev–Trinajstić information content (AvgIpc) is 2.81. The number of Topliss-reactive ketones (excluding diaryl/α,β-unsaturated/α-hetero) is 1. The van der Waals surface area contributed by atoms with Crippen molar-refractivity contribution < 1.29 is 35.9 Å². The zero-order chi connectivity index (χ0) is 30.3. The Balaban J connectivity index is 2.04. The molecule has 4 nitrogen and oxygen atoms in total. The zero-order valence-electron chi connectivity index (χ0n) is 22.9. The van der Waals surface area contributed by atoms with E-state index >= 15 is 0 Å². The lowest BCUT2D eigenvalue weighted by atomic mass is 9.86. The molecular weight excluding hydrogens is 534 g/mol. The summed E-state index contributed by atoms with van der Waals surface area (Å²) in [6.07, 6.45) is -9.96. The van der Waals surface area contributed by atoms with E-state index in [1.54, 1.807) is 41.5 Å². The predicted molar refractivity (Wildman–Crippen MR) is 143 cm³/mol. The van der Waals surface area contributed by atoms with Crippen LogP contribution in [0, 0.1) is 5.41 Å². The first-order chi connectivity index (χ1) is 18.2. The van der Waals surface area contributed by atoms with Crippen molar-refractivity contribution in [2.24, 2.45) is 5.41 Å². The number of carbonyl (C=O) groups excluding carboxylic acids is 2. The molecule has 0 aliphatic heterocycles. The van der Waals surface area contributed by atoms with Crippen LogP contribution >= 0.6 is 0 Å². The van der Waals surface area contributed by atoms with E-state index in [4.69, 9.17) is 0 Å². The molecule has 0 radical (unpaired) electrons. The van der Waals surface area contributed by atoms with Gasteiger partial charge in [0.25, 0.3) is 5.91 Å². The van der Waals surface area contributed by atoms with E-state index in [1.807, 2.05) is 0 Å². The van der Waals surface area contributed by atoms with Crippen molar-refractivity contribution in [2.45, 2.75) is 59.4 Å². The topological polar surface area (TPSA) is 58.2 Å². The fourth-order valence-electron chi connectivity index (χ4n) is 4.05. The van der Waals surface area contributed by atoms with Crippen LogP contribution in [-0.4, -0.2) is 17.2 Å². The highest BCUT2D eigenvalue weighted by atomic mass is 19.4. The highest BCUT2D eigenvalue weighted by Crippen LogP contribution is 2.44. The molecule has 0 unspecified atom stereocenters. The molecule has 0 aliphatic carbocycles. The van der Waals surface area contributed by atoms with Crippen molar-refractivity contribution in [3.8, 4) is 11.1 Å². The maximum Gasteiger partial charge on any atom is 0.417 e. The molecule has 214 valence electrons. The molecule has 3 aromatic carbocycles. The highest BCUT2D eigenvalue weighted by Gasteiger charge is 2.39. The Kier molecular flexibility index (Phi) is 8.16. The number of benzene rings is 3. The smallest absolute Gasteiger partial charge is 0.380 e. The SMILES string of the molecule is CC(C)(C)Nc1ccc(-c2ccc(NC(=O)c3cccc(C(=O)C(C)(C)C)c3)cc2C(F)(F)F)c(C(F)(F)F)c1. The van der Waals surface area contributed by atoms with Crippen LogP contribution in [0.1, 0.15) is 73.4 Å². The standard InChI is InChI=1S/C30H30F6N2O2/c1-27(2,3)25(39)17-8-7-9-18(14-17)26(40)37-19-10-12-21(23(15-19)29(31,32)33)22-13-11-20(38-28(4,5)6)16-24(22)30(34,35)36/h7-16,38H,1-6H3,(H,37,40). The molecule has 0 heterocycles. The van der Waals surface area contributed by atoms with E-state index in [1.165, 1.54) is 30.3 Å². The summed E-state index contributed by atoms with van der Waals surface area (Å²) in [5.74, 6) is -1.01. The average molecular weight is 565 g/mol. The third kappa shape index (κ3) is 7.43. The third-order valence-corrected chi connectivity index (χ3v) is 5.79. The van der Waals surface area contributed by atoms with Crippen LogP contribution in [0.3, 0.4) is 0 Å². The minimum atomic E-state index is -5.03. The van der Waals surface area contributed by atoms with E-state index < -0.39 is 51.5 Å². The Labute approximate surface area is 228 Å². The van der Waals surface area contributed by atoms with E-state index in [0.29, 0.717) is 6.07 Å². The summed E-state index contributed by atoms with van der Waals surface area (Å²) in [5.41, 5.74) is -5.08. The lowest BCUT2D eigenvalue weighted by molar-refractivity contribution is -0.139. The number of nitrogens with one attached hydrogen (secondary N) is 2. The molecule has 3 rings (SSSR count). The number of alkyl halides is 6. The van der Waals surface area contributed by atoms with Gasteiger partial charge in [-0.15, -0.1) is 0 Å². The maximum absolute atomic E-state index is 14.1. The van der Waals surface area contributed by atoms with Crippen molar-refractivity contribution in [2.75, 3.05) is 10.6 Å². The molecule has 2 N–H and O–H groups in total. The van der Waals surface area contributed by atoms with Gasteiger partial charge in [0, 0.05) is 33.5 Å². The lowest BCUT2D eigenvalue weighted by Crippen LogP contribution is -2.26. The van der Waals surface area contributed by atoms with E-state index in [9.17, 15) is 35.9 Å². The van der Waals surface area contributed by atoms with Crippen LogP contribution in [0.4, 0.5) is 37.7 Å². The number of hydrogen-bond donors (Lipinski definition) is 2. The van der Waals surface area contributed by atoms with Gasteiger partial charge in [0.15, 0.2) is 5.78 Å². The molecule has 1 amide bonds. The number of rotatable bonds is 5. The highest BCUT2D eigenvalue weighted by molar-refractivity contribution is 6.07. The van der Waals surface area contributed by atoms with E-state index in [-0.39, 0.29) is 28.3 Å². The van der Waals surface area contributed by atoms with Crippen LogP contribution < -0.4 is 10.6 Å². The summed E-state index contributed by atoms with van der Waals surface area (Å²) in [6, 6.07) is 11.4. The van der Waals surface area contributed by atoms with Crippen LogP contribution in [0.5, 0.6) is 0 Å². The Morgan fingerprint density at radius 2 is 1.10 bits per heavy atom. The fourth-order valence-corrected chi connectivity index (χ4v) is 4.05. The van der Waals surface area contributed by atoms with Crippen molar-refractivity contribution in [1.29, 1.82) is 0 Å². The minimum absolute atomic E-state index is 0.0361. The molecule has 0 bridgehead atoms. The van der Waals surface area contributed by atoms with Gasteiger partial charge < -0.3 is 10.6 Å². The summed E-state index contributed by atoms with van der Waals surface area (Å²) in [4.78, 5) is 25.4. The van der Waals surface area contributed by atoms with Gasteiger partial charge >= 0.3 is 12.4 Å². The summed E-state index contributed by atoms with van der Waals surface area (Å²) in [6.45, 7) is 10.3. The molecule has 0 saturated heterocycles. The van der Waals surface area contributed by atoms with Crippen LogP contribution in [-0.2, 0) is 12.4 Å². The van der Waals surface area contributed by atoms with Crippen LogP contribution in [0.25, 0.3) is 11.1 Å². The van der Waals surface area contributed by atoms with Crippen molar-refractivity contribution >= 4 is 23.1 Å². The molecule has 0 fully saturated rings. The largest absolute Gasteiger partial charge is 0.417 e. The molecule has 3 aromatic rings. The number of ketones is 1. The normalized spacial score (nSPS) is 12.7. The predicted octanol–water partition coefficient (Wildman–Crippen LogP) is 9.08. The number of anilines is 2. The van der Waals surface area contributed by atoms with Gasteiger partial charge in [0.2, 0.25) is 0 Å². The Morgan fingerprint density at radius 3 is 1.57 bits per heavy atom. The first-order valence-electron chi connectivity index (χ1n) is 12.3. The molecule has 0 saturated carbocycles. The first kappa shape index (κ1) is 30.7. The zero-order valence-corrected chi connectivity index (χ0v) is 22.9. The van der Waals surface area contributed by atoms with Gasteiger partial charge in [0.1, 0.15) is 0 Å². The summed E-state index contributed by atoms with van der Waals surface area (Å²) >= 11 is 0. The number of amides is 1. The molecule has 40 heavy (non-hydrogen) atoms. The van der Waals surface area contributed by atoms with Crippen molar-refractivity contribution in [3.05, 3.63) is 82.9 Å². The van der Waals surface area contributed by atoms with Gasteiger partial charge in [-0.05, 0) is 68.3 Å². The van der Waals surface area contributed by atoms with Crippen molar-refractivity contribution in [3.63, 3.8) is 0 Å². The first-order valence-corrected chi connectivity index (χ1v) is 12.3. The van der Waals surface area contributed by atoms with Gasteiger partial charge in [-0.3, -0.25) is 9.59 Å². The molecule has 0 aromatic heterocycles. The Hall–Kier alpha value is -3.82. The Bertz CT molecular complexity index is 1430. The van der Waals surface area contributed by atoms with Crippen LogP contribution in [0.2, 0.25) is 0 Å². The lowest BCUT2D eigenvalue weighted by Gasteiger charge is -2.24. The second-order valence-corrected chi connectivity index (χ2v) is 11.5. The van der Waals surface area contributed by atoms with Gasteiger partial charge in [0.05, 0.1) is 11.1 Å². The summed E-state index contributed by atoms with van der Waals surface area (Å²) in [5, 5.41) is 5.24. The molecule has 10 heteroatoms. The molecular formula is C30H30F6N2O2. The molecule has 0 atom stereocenters. The summed E-state index contributed by atoms with van der Waals surface area (Å²) < 4.78 is 84.3. The second-order valence-electron chi connectivity index (χ2n) is 11.5. The Morgan fingerprint density at radius 1 is 0.625 bits per heavy atom. The number of hydrogen-bond acceptors (Lipinski definition) is 3. The van der Waals surface area contributed by atoms with Gasteiger partial charge in [-0.2, -0.15) is 26.3 Å². The maximum atomic E-state index is 14.1. The number of carbonyl (C=O) groups is 2. The fraction of sp³-hybridized carbons (Fsp3) is 0.333. The summed E-state index contributed by atoms with van der Waals surface area (Å²) in [7, 11) is 0. The third-order valence-electron chi connectivity index (χ3n) is 5.79. The van der Waals surface area contributed by atoms with Gasteiger partial charge in [-0.25, -0.2) is 0 Å². The monoisotopic (exact) mass is 564 g/mol. The van der Waals surface area contributed by atoms with Crippen LogP contribution in [0.15, 0.2) is 60.7 Å². The minimum Gasteiger partial charge on any atom is -0.380 e. The molecule has 0 spiro atoms. The molecule has 0 aliphatic rings. The van der Waals surface area contributed by atoms with E-state index in [2.05, 4.69) is 10.6 Å². The van der Waals surface area contributed by atoms with E-state index in [0.717, 1.165) is 24.3 Å². The quantitative estimate of drug-likeness (QED) is 0.240. The van der Waals surface area contributed by atoms with Gasteiger partial charge in [-0.1, -0.05) is 45.0 Å². The second kappa shape index (κ2) is 10.6. The number of halogens is 6. The van der Waals surface area contributed by atoms with Crippen molar-refractivity contribution in [1.82, 2.24) is 0 Å².